The number of benzene rings is 1. The molecule has 1 saturated heterocycles. The molecule has 0 unspecified atom stereocenters. The van der Waals surface area contributed by atoms with E-state index < -0.39 is 0 Å². The quantitative estimate of drug-likeness (QED) is 0.757. The molecular formula is C20H33NO. The highest BCUT2D eigenvalue weighted by Crippen LogP contribution is 2.42. The second-order valence-corrected chi connectivity index (χ2v) is 7.38. The number of piperidine rings is 1. The molecule has 1 aromatic carbocycles. The third-order valence-corrected chi connectivity index (χ3v) is 5.82. The summed E-state index contributed by atoms with van der Waals surface area (Å²) in [6.07, 6.45) is 6.56. The standard InChI is InChI=1S/C20H33NO/c1-5-6-7-8-13-21-14-12-20(4,16(2)15-21)18-10-9-11-19(22)17(18)3/h9-11,16,22H,5-8,12-15H2,1-4H3/t16-,20-/m0/s1. The molecular weight excluding hydrogens is 270 g/mol. The molecule has 1 heterocycles. The molecule has 1 N–H and O–H groups in total. The van der Waals surface area contributed by atoms with Crippen molar-refractivity contribution in [3.63, 3.8) is 0 Å². The van der Waals surface area contributed by atoms with Gasteiger partial charge >= 0.3 is 0 Å². The third kappa shape index (κ3) is 3.65. The zero-order valence-corrected chi connectivity index (χ0v) is 14.9. The second-order valence-electron chi connectivity index (χ2n) is 7.38. The molecule has 1 aliphatic rings. The molecule has 0 bridgehead atoms. The molecule has 0 aliphatic carbocycles. The molecule has 2 heteroatoms. The largest absolute Gasteiger partial charge is 0.508 e. The van der Waals surface area contributed by atoms with Crippen LogP contribution in [-0.4, -0.2) is 29.6 Å². The Morgan fingerprint density at radius 1 is 1.27 bits per heavy atom. The third-order valence-electron chi connectivity index (χ3n) is 5.82. The highest BCUT2D eigenvalue weighted by molar-refractivity contribution is 5.42. The molecule has 2 nitrogen and oxygen atoms in total. The van der Waals surface area contributed by atoms with Crippen LogP contribution in [0.5, 0.6) is 5.75 Å². The Morgan fingerprint density at radius 3 is 2.73 bits per heavy atom. The highest BCUT2D eigenvalue weighted by Gasteiger charge is 2.38. The van der Waals surface area contributed by atoms with Crippen molar-refractivity contribution < 1.29 is 5.11 Å². The number of phenols is 1. The minimum absolute atomic E-state index is 0.183. The summed E-state index contributed by atoms with van der Waals surface area (Å²) in [5.74, 6) is 1.06. The van der Waals surface area contributed by atoms with E-state index in [0.29, 0.717) is 11.7 Å². The lowest BCUT2D eigenvalue weighted by atomic mass is 9.67. The fraction of sp³-hybridized carbons (Fsp3) is 0.700. The van der Waals surface area contributed by atoms with Gasteiger partial charge in [-0.2, -0.15) is 0 Å². The van der Waals surface area contributed by atoms with Crippen LogP contribution in [-0.2, 0) is 5.41 Å². The summed E-state index contributed by atoms with van der Waals surface area (Å²) in [5.41, 5.74) is 2.59. The minimum Gasteiger partial charge on any atom is -0.508 e. The van der Waals surface area contributed by atoms with Crippen LogP contribution in [0, 0.1) is 12.8 Å². The number of phenolic OH excluding ortho intramolecular Hbond substituents is 1. The molecule has 22 heavy (non-hydrogen) atoms. The molecule has 2 atom stereocenters. The maximum atomic E-state index is 10.0. The van der Waals surface area contributed by atoms with Crippen molar-refractivity contribution in [2.45, 2.75) is 65.2 Å². The lowest BCUT2D eigenvalue weighted by Gasteiger charge is -2.45. The van der Waals surface area contributed by atoms with Gasteiger partial charge in [-0.25, -0.2) is 0 Å². The molecule has 1 fully saturated rings. The number of hydrogen-bond acceptors (Lipinski definition) is 2. The summed E-state index contributed by atoms with van der Waals surface area (Å²) < 4.78 is 0. The monoisotopic (exact) mass is 303 g/mol. The Kier molecular flexibility index (Phi) is 5.91. The van der Waals surface area contributed by atoms with Gasteiger partial charge in [0.15, 0.2) is 0 Å². The highest BCUT2D eigenvalue weighted by atomic mass is 16.3. The van der Waals surface area contributed by atoms with Gasteiger partial charge in [0, 0.05) is 6.54 Å². The fourth-order valence-corrected chi connectivity index (χ4v) is 3.92. The van der Waals surface area contributed by atoms with Crippen molar-refractivity contribution in [2.75, 3.05) is 19.6 Å². The summed E-state index contributed by atoms with van der Waals surface area (Å²) in [4.78, 5) is 2.64. The van der Waals surface area contributed by atoms with E-state index in [1.165, 1.54) is 57.3 Å². The fourth-order valence-electron chi connectivity index (χ4n) is 3.92. The molecule has 0 radical (unpaired) electrons. The zero-order valence-electron chi connectivity index (χ0n) is 14.9. The molecule has 1 aliphatic heterocycles. The van der Waals surface area contributed by atoms with Crippen molar-refractivity contribution in [2.24, 2.45) is 5.92 Å². The normalized spacial score (nSPS) is 26.3. The van der Waals surface area contributed by atoms with E-state index in [0.717, 1.165) is 5.56 Å². The van der Waals surface area contributed by atoms with Gasteiger partial charge in [-0.1, -0.05) is 52.2 Å². The average molecular weight is 303 g/mol. The number of aromatic hydroxyl groups is 1. The number of rotatable bonds is 6. The number of hydrogen-bond donors (Lipinski definition) is 1. The molecule has 1 aromatic rings. The Labute approximate surface area is 136 Å². The van der Waals surface area contributed by atoms with Gasteiger partial charge in [0.1, 0.15) is 5.75 Å². The van der Waals surface area contributed by atoms with Gasteiger partial charge in [0.2, 0.25) is 0 Å². The van der Waals surface area contributed by atoms with E-state index in [-0.39, 0.29) is 5.41 Å². The SMILES string of the molecule is CCCCCCN1CC[C@](C)(c2cccc(O)c2C)[C@@H](C)C1. The van der Waals surface area contributed by atoms with Crippen molar-refractivity contribution in [1.29, 1.82) is 0 Å². The van der Waals surface area contributed by atoms with Gasteiger partial charge in [0.25, 0.3) is 0 Å². The summed E-state index contributed by atoms with van der Waals surface area (Å²) in [5, 5.41) is 10.0. The summed E-state index contributed by atoms with van der Waals surface area (Å²) >= 11 is 0. The predicted molar refractivity (Wildman–Crippen MR) is 94.6 cm³/mol. The van der Waals surface area contributed by atoms with Crippen LogP contribution in [0.1, 0.15) is 64.0 Å². The van der Waals surface area contributed by atoms with Crippen LogP contribution in [0.2, 0.25) is 0 Å². The van der Waals surface area contributed by atoms with Crippen LogP contribution in [0.25, 0.3) is 0 Å². The first-order valence-corrected chi connectivity index (χ1v) is 9.00. The Balaban J connectivity index is 2.01. The van der Waals surface area contributed by atoms with Gasteiger partial charge in [-0.15, -0.1) is 0 Å². The van der Waals surface area contributed by atoms with E-state index in [1.54, 1.807) is 6.07 Å². The summed E-state index contributed by atoms with van der Waals surface area (Å²) in [6, 6.07) is 6.00. The van der Waals surface area contributed by atoms with E-state index >= 15 is 0 Å². The minimum atomic E-state index is 0.183. The number of unbranched alkanes of at least 4 members (excludes halogenated alkanes) is 3. The lowest BCUT2D eigenvalue weighted by Crippen LogP contribution is -2.47. The van der Waals surface area contributed by atoms with Gasteiger partial charge in [-0.05, 0) is 61.4 Å². The Bertz CT molecular complexity index is 485. The summed E-state index contributed by atoms with van der Waals surface area (Å²) in [7, 11) is 0. The Morgan fingerprint density at radius 2 is 2.05 bits per heavy atom. The average Bonchev–Trinajstić information content (AvgIpc) is 2.50. The van der Waals surface area contributed by atoms with Crippen LogP contribution >= 0.6 is 0 Å². The molecule has 0 saturated carbocycles. The predicted octanol–water partition coefficient (Wildman–Crippen LogP) is 4.88. The summed E-state index contributed by atoms with van der Waals surface area (Å²) in [6.45, 7) is 12.7. The van der Waals surface area contributed by atoms with Gasteiger partial charge in [-0.3, -0.25) is 0 Å². The number of nitrogens with zero attached hydrogens (tertiary/aromatic N) is 1. The van der Waals surface area contributed by atoms with Crippen molar-refractivity contribution in [3.05, 3.63) is 29.3 Å². The molecule has 0 amide bonds. The Hall–Kier alpha value is -1.02. The first-order valence-electron chi connectivity index (χ1n) is 9.00. The topological polar surface area (TPSA) is 23.5 Å². The lowest BCUT2D eigenvalue weighted by molar-refractivity contribution is 0.109. The van der Waals surface area contributed by atoms with Gasteiger partial charge < -0.3 is 10.0 Å². The van der Waals surface area contributed by atoms with Crippen LogP contribution in [0.15, 0.2) is 18.2 Å². The maximum absolute atomic E-state index is 10.0. The number of likely N-dealkylation sites (tertiary alicyclic amines) is 1. The molecule has 124 valence electrons. The van der Waals surface area contributed by atoms with E-state index in [9.17, 15) is 5.11 Å². The molecule has 0 spiro atoms. The van der Waals surface area contributed by atoms with Crippen molar-refractivity contribution >= 4 is 0 Å². The first-order chi connectivity index (χ1) is 10.5. The maximum Gasteiger partial charge on any atom is 0.118 e. The van der Waals surface area contributed by atoms with Crippen LogP contribution < -0.4 is 0 Å². The van der Waals surface area contributed by atoms with E-state index in [4.69, 9.17) is 0 Å². The second kappa shape index (κ2) is 7.50. The van der Waals surface area contributed by atoms with Crippen molar-refractivity contribution in [3.8, 4) is 5.75 Å². The van der Waals surface area contributed by atoms with E-state index in [2.05, 4.69) is 38.7 Å². The van der Waals surface area contributed by atoms with Crippen LogP contribution in [0.3, 0.4) is 0 Å². The first kappa shape index (κ1) is 17.3. The molecule has 2 rings (SSSR count). The molecule has 0 aromatic heterocycles. The van der Waals surface area contributed by atoms with Gasteiger partial charge in [0.05, 0.1) is 0 Å². The smallest absolute Gasteiger partial charge is 0.118 e. The van der Waals surface area contributed by atoms with Crippen LogP contribution in [0.4, 0.5) is 0 Å². The van der Waals surface area contributed by atoms with Crippen molar-refractivity contribution in [1.82, 2.24) is 4.90 Å². The van der Waals surface area contributed by atoms with E-state index in [1.807, 2.05) is 6.07 Å². The zero-order chi connectivity index (χ0) is 16.2.